The Hall–Kier alpha value is -2.52. The molecule has 0 saturated heterocycles. The summed E-state index contributed by atoms with van der Waals surface area (Å²) in [5.74, 6) is 1.58. The van der Waals surface area contributed by atoms with Gasteiger partial charge in [0.1, 0.15) is 12.4 Å². The Morgan fingerprint density at radius 3 is 2.73 bits per heavy atom. The molecule has 0 aliphatic carbocycles. The Labute approximate surface area is 184 Å². The average Bonchev–Trinajstić information content (AvgIpc) is 3.33. The van der Waals surface area contributed by atoms with Crippen molar-refractivity contribution in [2.75, 3.05) is 11.1 Å². The number of halogens is 1. The number of hydrogen-bond acceptors (Lipinski definition) is 7. The standard InChI is InChI=1S/C20H24ClN5O3S/c1-4-14(5-2)26-17(11-28-16-9-7-6-8-15(16)21)23-24-20(26)30-12-18(27)22-19-10-13(3)25-29-19/h6-10,14H,4-5,11-12H2,1-3H3,(H,22,27). The van der Waals surface area contributed by atoms with Crippen LogP contribution in [0.2, 0.25) is 5.02 Å². The van der Waals surface area contributed by atoms with E-state index in [0.717, 1.165) is 12.8 Å². The molecule has 1 amide bonds. The van der Waals surface area contributed by atoms with Crippen LogP contribution in [-0.2, 0) is 11.4 Å². The molecule has 1 N–H and O–H groups in total. The molecule has 0 aliphatic heterocycles. The smallest absolute Gasteiger partial charge is 0.237 e. The first-order valence-corrected chi connectivity index (χ1v) is 11.0. The number of ether oxygens (including phenoxy) is 1. The van der Waals surface area contributed by atoms with Crippen LogP contribution in [0, 0.1) is 6.92 Å². The summed E-state index contributed by atoms with van der Waals surface area (Å²) < 4.78 is 12.9. The summed E-state index contributed by atoms with van der Waals surface area (Å²) in [6, 6.07) is 9.17. The molecule has 0 saturated carbocycles. The number of nitrogens with zero attached hydrogens (tertiary/aromatic N) is 4. The fourth-order valence-electron chi connectivity index (χ4n) is 2.96. The number of carbonyl (C=O) groups excluding carboxylic acids is 1. The zero-order valence-electron chi connectivity index (χ0n) is 17.1. The van der Waals surface area contributed by atoms with Crippen molar-refractivity contribution < 1.29 is 14.1 Å². The van der Waals surface area contributed by atoms with Gasteiger partial charge in [0, 0.05) is 12.1 Å². The number of aromatic nitrogens is 4. The van der Waals surface area contributed by atoms with Gasteiger partial charge in [-0.3, -0.25) is 10.1 Å². The van der Waals surface area contributed by atoms with Crippen LogP contribution in [0.25, 0.3) is 0 Å². The van der Waals surface area contributed by atoms with E-state index in [2.05, 4.69) is 34.5 Å². The lowest BCUT2D eigenvalue weighted by Crippen LogP contribution is -2.16. The number of carbonyl (C=O) groups is 1. The molecule has 30 heavy (non-hydrogen) atoms. The second-order valence-electron chi connectivity index (χ2n) is 6.63. The van der Waals surface area contributed by atoms with Crippen LogP contribution >= 0.6 is 23.4 Å². The monoisotopic (exact) mass is 449 g/mol. The number of para-hydroxylation sites is 1. The van der Waals surface area contributed by atoms with Gasteiger partial charge in [0.2, 0.25) is 11.8 Å². The highest BCUT2D eigenvalue weighted by molar-refractivity contribution is 7.99. The summed E-state index contributed by atoms with van der Waals surface area (Å²) in [4.78, 5) is 12.3. The van der Waals surface area contributed by atoms with E-state index in [9.17, 15) is 4.79 Å². The molecule has 0 atom stereocenters. The van der Waals surface area contributed by atoms with Gasteiger partial charge in [0.05, 0.1) is 16.5 Å². The molecule has 2 aromatic heterocycles. The molecule has 3 rings (SSSR count). The molecule has 10 heteroatoms. The van der Waals surface area contributed by atoms with Crippen molar-refractivity contribution in [3.63, 3.8) is 0 Å². The lowest BCUT2D eigenvalue weighted by molar-refractivity contribution is -0.113. The van der Waals surface area contributed by atoms with Crippen LogP contribution in [0.3, 0.4) is 0 Å². The summed E-state index contributed by atoms with van der Waals surface area (Å²) >= 11 is 7.50. The van der Waals surface area contributed by atoms with Crippen molar-refractivity contribution >= 4 is 35.2 Å². The van der Waals surface area contributed by atoms with E-state index >= 15 is 0 Å². The van der Waals surface area contributed by atoms with Gasteiger partial charge < -0.3 is 13.8 Å². The number of hydrogen-bond donors (Lipinski definition) is 1. The molecule has 8 nitrogen and oxygen atoms in total. The average molecular weight is 450 g/mol. The molecular weight excluding hydrogens is 426 g/mol. The van der Waals surface area contributed by atoms with Gasteiger partial charge in [-0.1, -0.05) is 54.5 Å². The second-order valence-corrected chi connectivity index (χ2v) is 7.98. The first-order valence-electron chi connectivity index (χ1n) is 9.68. The van der Waals surface area contributed by atoms with Gasteiger partial charge in [-0.2, -0.15) is 0 Å². The van der Waals surface area contributed by atoms with Crippen molar-refractivity contribution in [3.8, 4) is 5.75 Å². The summed E-state index contributed by atoms with van der Waals surface area (Å²) in [7, 11) is 0. The van der Waals surface area contributed by atoms with E-state index in [4.69, 9.17) is 20.9 Å². The van der Waals surface area contributed by atoms with Crippen LogP contribution in [0.4, 0.5) is 5.88 Å². The maximum Gasteiger partial charge on any atom is 0.237 e. The first-order chi connectivity index (χ1) is 14.5. The molecular formula is C20H24ClN5O3S. The molecule has 0 spiro atoms. The molecule has 1 aromatic carbocycles. The zero-order chi connectivity index (χ0) is 21.5. The minimum atomic E-state index is -0.205. The van der Waals surface area contributed by atoms with Gasteiger partial charge in [0.15, 0.2) is 11.0 Å². The fourth-order valence-corrected chi connectivity index (χ4v) is 3.97. The van der Waals surface area contributed by atoms with E-state index in [1.807, 2.05) is 22.8 Å². The Morgan fingerprint density at radius 2 is 2.07 bits per heavy atom. The molecule has 0 bridgehead atoms. The normalized spacial score (nSPS) is 11.1. The van der Waals surface area contributed by atoms with Crippen LogP contribution in [-0.4, -0.2) is 31.6 Å². The number of benzene rings is 1. The van der Waals surface area contributed by atoms with Crippen LogP contribution < -0.4 is 10.1 Å². The fraction of sp³-hybridized carbons (Fsp3) is 0.400. The minimum Gasteiger partial charge on any atom is -0.484 e. The third-order valence-corrected chi connectivity index (χ3v) is 5.71. The molecule has 0 unspecified atom stereocenters. The SMILES string of the molecule is CCC(CC)n1c(COc2ccccc2Cl)nnc1SCC(=O)Nc1cc(C)no1. The lowest BCUT2D eigenvalue weighted by Gasteiger charge is -2.19. The van der Waals surface area contributed by atoms with Crippen molar-refractivity contribution in [2.45, 2.75) is 51.4 Å². The van der Waals surface area contributed by atoms with E-state index < -0.39 is 0 Å². The second kappa shape index (κ2) is 10.5. The van der Waals surface area contributed by atoms with E-state index in [0.29, 0.717) is 33.3 Å². The maximum atomic E-state index is 12.3. The number of anilines is 1. The van der Waals surface area contributed by atoms with E-state index in [1.165, 1.54) is 11.8 Å². The summed E-state index contributed by atoms with van der Waals surface area (Å²) in [6.45, 7) is 6.25. The van der Waals surface area contributed by atoms with Gasteiger partial charge >= 0.3 is 0 Å². The Kier molecular flexibility index (Phi) is 7.75. The largest absolute Gasteiger partial charge is 0.484 e. The third-order valence-electron chi connectivity index (χ3n) is 4.46. The highest BCUT2D eigenvalue weighted by Crippen LogP contribution is 2.28. The molecule has 160 valence electrons. The first kappa shape index (κ1) is 22.2. The number of amides is 1. The van der Waals surface area contributed by atoms with E-state index in [1.54, 1.807) is 19.1 Å². The third kappa shape index (κ3) is 5.54. The molecule has 0 fully saturated rings. The topological polar surface area (TPSA) is 95.1 Å². The van der Waals surface area contributed by atoms with Crippen molar-refractivity contribution in [1.29, 1.82) is 0 Å². The summed E-state index contributed by atoms with van der Waals surface area (Å²) in [5.41, 5.74) is 0.703. The number of rotatable bonds is 10. The quantitative estimate of drug-likeness (QED) is 0.440. The molecule has 3 aromatic rings. The van der Waals surface area contributed by atoms with Crippen LogP contribution in [0.1, 0.15) is 44.2 Å². The van der Waals surface area contributed by atoms with Crippen LogP contribution in [0.15, 0.2) is 40.0 Å². The van der Waals surface area contributed by atoms with Crippen molar-refractivity contribution in [1.82, 2.24) is 19.9 Å². The molecule has 2 heterocycles. The molecule has 0 radical (unpaired) electrons. The Bertz CT molecular complexity index is 986. The number of aryl methyl sites for hydroxylation is 1. The number of nitrogens with one attached hydrogen (secondary N) is 1. The predicted molar refractivity (Wildman–Crippen MR) is 116 cm³/mol. The minimum absolute atomic E-state index is 0.170. The van der Waals surface area contributed by atoms with Gasteiger partial charge in [-0.25, -0.2) is 0 Å². The highest BCUT2D eigenvalue weighted by Gasteiger charge is 2.20. The van der Waals surface area contributed by atoms with Gasteiger partial charge in [-0.05, 0) is 31.9 Å². The Morgan fingerprint density at radius 1 is 1.30 bits per heavy atom. The molecule has 0 aliphatic rings. The van der Waals surface area contributed by atoms with E-state index in [-0.39, 0.29) is 24.3 Å². The summed E-state index contributed by atoms with van der Waals surface area (Å²) in [6.07, 6.45) is 1.81. The highest BCUT2D eigenvalue weighted by atomic mass is 35.5. The predicted octanol–water partition coefficient (Wildman–Crippen LogP) is 4.90. The lowest BCUT2D eigenvalue weighted by atomic mass is 10.2. The summed E-state index contributed by atoms with van der Waals surface area (Å²) in [5, 5.41) is 16.3. The van der Waals surface area contributed by atoms with Gasteiger partial charge in [0.25, 0.3) is 0 Å². The van der Waals surface area contributed by atoms with Crippen molar-refractivity contribution in [3.05, 3.63) is 46.9 Å². The zero-order valence-corrected chi connectivity index (χ0v) is 18.7. The Balaban J connectivity index is 1.70. The van der Waals surface area contributed by atoms with Gasteiger partial charge in [-0.15, -0.1) is 10.2 Å². The maximum absolute atomic E-state index is 12.3. The number of thioether (sulfide) groups is 1. The van der Waals surface area contributed by atoms with Crippen LogP contribution in [0.5, 0.6) is 5.75 Å². The van der Waals surface area contributed by atoms with Crippen molar-refractivity contribution in [2.24, 2.45) is 0 Å².